The number of carbonyl (C=O) groups is 2. The first kappa shape index (κ1) is 21.5. The summed E-state index contributed by atoms with van der Waals surface area (Å²) in [5, 5.41) is 9.59. The number of carbonyl (C=O) groups excluding carboxylic acids is 2. The van der Waals surface area contributed by atoms with Crippen molar-refractivity contribution in [2.24, 2.45) is 5.92 Å². The van der Waals surface area contributed by atoms with Gasteiger partial charge in [0.25, 0.3) is 0 Å². The monoisotopic (exact) mass is 400 g/mol. The van der Waals surface area contributed by atoms with Gasteiger partial charge in [-0.3, -0.25) is 4.79 Å². The van der Waals surface area contributed by atoms with Crippen LogP contribution < -0.4 is 5.73 Å². The van der Waals surface area contributed by atoms with Crippen LogP contribution in [0.3, 0.4) is 0 Å². The average Bonchev–Trinajstić information content (AvgIpc) is 3.02. The number of rotatable bonds is 8. The highest BCUT2D eigenvalue weighted by Crippen LogP contribution is 2.33. The zero-order chi connectivity index (χ0) is 20.7. The van der Waals surface area contributed by atoms with Crippen molar-refractivity contribution in [1.29, 1.82) is 5.26 Å². The van der Waals surface area contributed by atoms with E-state index in [0.29, 0.717) is 5.56 Å². The van der Waals surface area contributed by atoms with Crippen molar-refractivity contribution in [3.8, 4) is 6.07 Å². The fraction of sp³-hybridized carbons (Fsp3) is 0.381. The van der Waals surface area contributed by atoms with Gasteiger partial charge in [0, 0.05) is 5.56 Å². The fourth-order valence-corrected chi connectivity index (χ4v) is 3.85. The van der Waals surface area contributed by atoms with E-state index in [-0.39, 0.29) is 34.6 Å². The number of hydrogen-bond acceptors (Lipinski definition) is 7. The van der Waals surface area contributed by atoms with Gasteiger partial charge < -0.3 is 15.2 Å². The molecule has 0 saturated carbocycles. The highest BCUT2D eigenvalue weighted by molar-refractivity contribution is 7.18. The molecule has 6 nitrogen and oxygen atoms in total. The number of ether oxygens (including phenoxy) is 2. The molecule has 2 N–H and O–H groups in total. The molecule has 0 amide bonds. The summed E-state index contributed by atoms with van der Waals surface area (Å²) in [4.78, 5) is 25.3. The summed E-state index contributed by atoms with van der Waals surface area (Å²) in [6.45, 7) is 5.69. The van der Waals surface area contributed by atoms with Crippen LogP contribution in [-0.2, 0) is 20.9 Å². The minimum atomic E-state index is -0.576. The zero-order valence-corrected chi connectivity index (χ0v) is 17.0. The maximum atomic E-state index is 12.9. The summed E-state index contributed by atoms with van der Waals surface area (Å²) in [5.41, 5.74) is 7.19. The number of anilines is 1. The third kappa shape index (κ3) is 4.70. The van der Waals surface area contributed by atoms with E-state index in [1.807, 2.05) is 50.2 Å². The Morgan fingerprint density at radius 2 is 1.89 bits per heavy atom. The molecule has 0 spiro atoms. The van der Waals surface area contributed by atoms with E-state index in [1.165, 1.54) is 0 Å². The molecule has 0 radical (unpaired) electrons. The van der Waals surface area contributed by atoms with Crippen LogP contribution in [0.25, 0.3) is 0 Å². The van der Waals surface area contributed by atoms with Crippen LogP contribution in [0.15, 0.2) is 30.3 Å². The molecule has 0 fully saturated rings. The summed E-state index contributed by atoms with van der Waals surface area (Å²) in [7, 11) is 0. The van der Waals surface area contributed by atoms with Crippen LogP contribution in [-0.4, -0.2) is 18.5 Å². The Bertz CT molecular complexity index is 871. The van der Waals surface area contributed by atoms with Gasteiger partial charge in [-0.2, -0.15) is 5.26 Å². The third-order valence-electron chi connectivity index (χ3n) is 4.59. The summed E-state index contributed by atoms with van der Waals surface area (Å²) < 4.78 is 10.6. The predicted octanol–water partition coefficient (Wildman–Crippen LogP) is 4.25. The molecule has 148 valence electrons. The maximum absolute atomic E-state index is 12.9. The van der Waals surface area contributed by atoms with E-state index < -0.39 is 17.9 Å². The highest BCUT2D eigenvalue weighted by atomic mass is 32.1. The topological polar surface area (TPSA) is 102 Å². The lowest BCUT2D eigenvalue weighted by Gasteiger charge is -2.22. The van der Waals surface area contributed by atoms with E-state index in [1.54, 1.807) is 6.92 Å². The second-order valence-electron chi connectivity index (χ2n) is 6.36. The molecular weight excluding hydrogens is 376 g/mol. The first-order valence-corrected chi connectivity index (χ1v) is 9.96. The van der Waals surface area contributed by atoms with Crippen LogP contribution in [0.1, 0.15) is 59.5 Å². The first-order chi connectivity index (χ1) is 13.4. The van der Waals surface area contributed by atoms with Crippen LogP contribution >= 0.6 is 11.3 Å². The van der Waals surface area contributed by atoms with Crippen molar-refractivity contribution in [2.75, 3.05) is 12.3 Å². The Morgan fingerprint density at radius 1 is 1.21 bits per heavy atom. The van der Waals surface area contributed by atoms with Crippen molar-refractivity contribution >= 4 is 28.3 Å². The molecule has 2 rings (SSSR count). The van der Waals surface area contributed by atoms with Gasteiger partial charge in [-0.25, -0.2) is 4.79 Å². The molecule has 2 aromatic rings. The number of thiophene rings is 1. The number of nitrogens with two attached hydrogens (primary N) is 1. The molecule has 7 heteroatoms. The van der Waals surface area contributed by atoms with Crippen LogP contribution in [0.4, 0.5) is 5.00 Å². The molecule has 1 aromatic heterocycles. The van der Waals surface area contributed by atoms with Gasteiger partial charge in [-0.05, 0) is 18.4 Å². The van der Waals surface area contributed by atoms with E-state index in [0.717, 1.165) is 23.3 Å². The van der Waals surface area contributed by atoms with E-state index in [2.05, 4.69) is 0 Å². The first-order valence-electron chi connectivity index (χ1n) is 9.14. The third-order valence-corrected chi connectivity index (χ3v) is 5.63. The molecule has 2 atom stereocenters. The average molecular weight is 401 g/mol. The van der Waals surface area contributed by atoms with Gasteiger partial charge in [-0.1, -0.05) is 50.6 Å². The van der Waals surface area contributed by atoms with Gasteiger partial charge in [0.2, 0.25) is 0 Å². The predicted molar refractivity (Wildman–Crippen MR) is 108 cm³/mol. The Labute approximate surface area is 168 Å². The SMILES string of the molecule is CCOC(=O)c1sc(N)c(C#N)c1COC(=O)C(c1ccccc1)C(C)CC. The molecule has 0 aliphatic carbocycles. The van der Waals surface area contributed by atoms with E-state index >= 15 is 0 Å². The van der Waals surface area contributed by atoms with Gasteiger partial charge in [-0.15, -0.1) is 11.3 Å². The molecular formula is C21H24N2O4S. The lowest BCUT2D eigenvalue weighted by Crippen LogP contribution is -2.22. The standard InChI is InChI=1S/C21H24N2O4S/c1-4-13(3)17(14-9-7-6-8-10-14)20(24)27-12-16-15(11-22)19(23)28-18(16)21(25)26-5-2/h6-10,13,17H,4-5,12,23H2,1-3H3. The maximum Gasteiger partial charge on any atom is 0.348 e. The van der Waals surface area contributed by atoms with Gasteiger partial charge in [0.15, 0.2) is 0 Å². The molecule has 1 aromatic carbocycles. The van der Waals surface area contributed by atoms with Crippen molar-refractivity contribution in [1.82, 2.24) is 0 Å². The minimum Gasteiger partial charge on any atom is -0.462 e. The second kappa shape index (κ2) is 9.90. The molecule has 0 bridgehead atoms. The smallest absolute Gasteiger partial charge is 0.348 e. The molecule has 0 aliphatic heterocycles. The van der Waals surface area contributed by atoms with Crippen molar-refractivity contribution in [2.45, 2.75) is 39.7 Å². The normalized spacial score (nSPS) is 12.6. The summed E-state index contributed by atoms with van der Waals surface area (Å²) in [5.74, 6) is -1.33. The van der Waals surface area contributed by atoms with Crippen molar-refractivity contribution in [3.63, 3.8) is 0 Å². The summed E-state index contributed by atoms with van der Waals surface area (Å²) >= 11 is 0.970. The lowest BCUT2D eigenvalue weighted by molar-refractivity contribution is -0.148. The number of nitrogen functional groups attached to an aromatic ring is 1. The van der Waals surface area contributed by atoms with Crippen LogP contribution in [0.5, 0.6) is 0 Å². The highest BCUT2D eigenvalue weighted by Gasteiger charge is 2.29. The molecule has 1 heterocycles. The number of hydrogen-bond donors (Lipinski definition) is 1. The lowest BCUT2D eigenvalue weighted by atomic mass is 9.85. The van der Waals surface area contributed by atoms with Crippen LogP contribution in [0.2, 0.25) is 0 Å². The van der Waals surface area contributed by atoms with Crippen LogP contribution in [0, 0.1) is 17.2 Å². The summed E-state index contributed by atoms with van der Waals surface area (Å²) in [6, 6.07) is 11.4. The largest absolute Gasteiger partial charge is 0.462 e. The number of esters is 2. The molecule has 0 aliphatic rings. The molecule has 28 heavy (non-hydrogen) atoms. The van der Waals surface area contributed by atoms with Gasteiger partial charge in [0.05, 0.1) is 18.1 Å². The number of nitrogens with zero attached hydrogens (tertiary/aromatic N) is 1. The Hall–Kier alpha value is -2.85. The Kier molecular flexibility index (Phi) is 7.59. The Balaban J connectivity index is 2.28. The molecule has 2 unspecified atom stereocenters. The van der Waals surface area contributed by atoms with Gasteiger partial charge >= 0.3 is 11.9 Å². The second-order valence-corrected chi connectivity index (χ2v) is 7.42. The number of benzene rings is 1. The molecule has 0 saturated heterocycles. The summed E-state index contributed by atoms with van der Waals surface area (Å²) in [6.07, 6.45) is 0.803. The van der Waals surface area contributed by atoms with Crippen molar-refractivity contribution in [3.05, 3.63) is 51.9 Å². The van der Waals surface area contributed by atoms with Gasteiger partial charge in [0.1, 0.15) is 22.6 Å². The minimum absolute atomic E-state index is 0.0717. The number of nitriles is 1. The Morgan fingerprint density at radius 3 is 2.46 bits per heavy atom. The van der Waals surface area contributed by atoms with E-state index in [9.17, 15) is 14.9 Å². The fourth-order valence-electron chi connectivity index (χ4n) is 2.93. The van der Waals surface area contributed by atoms with E-state index in [4.69, 9.17) is 15.2 Å². The van der Waals surface area contributed by atoms with Crippen molar-refractivity contribution < 1.29 is 19.1 Å². The quantitative estimate of drug-likeness (QED) is 0.665. The zero-order valence-electron chi connectivity index (χ0n) is 16.2.